The zero-order valence-electron chi connectivity index (χ0n) is 10.2. The van der Waals surface area contributed by atoms with Gasteiger partial charge in [-0.3, -0.25) is 0 Å². The summed E-state index contributed by atoms with van der Waals surface area (Å²) in [5.74, 6) is 0. The first-order valence-electron chi connectivity index (χ1n) is 5.93. The molecule has 0 saturated carbocycles. The fourth-order valence-corrected chi connectivity index (χ4v) is 1.51. The van der Waals surface area contributed by atoms with Crippen LogP contribution in [0.5, 0.6) is 0 Å². The zero-order valence-corrected chi connectivity index (χ0v) is 10.2. The highest BCUT2D eigenvalue weighted by molar-refractivity contribution is 5.67. The average Bonchev–Trinajstić information content (AvgIpc) is 2.37. The largest absolute Gasteiger partial charge is 0.445 e. The third-order valence-corrected chi connectivity index (χ3v) is 2.54. The van der Waals surface area contributed by atoms with E-state index in [0.29, 0.717) is 13.2 Å². The Morgan fingerprint density at radius 1 is 1.41 bits per heavy atom. The smallest absolute Gasteiger partial charge is 0.407 e. The van der Waals surface area contributed by atoms with Crippen LogP contribution in [0.3, 0.4) is 0 Å². The third kappa shape index (κ3) is 5.36. The number of alkyl carbamates (subject to hydrolysis) is 1. The van der Waals surface area contributed by atoms with E-state index in [1.165, 1.54) is 0 Å². The first-order valence-corrected chi connectivity index (χ1v) is 5.93. The molecule has 1 amide bonds. The summed E-state index contributed by atoms with van der Waals surface area (Å²) < 4.78 is 5.12. The van der Waals surface area contributed by atoms with Gasteiger partial charge < -0.3 is 15.8 Å². The van der Waals surface area contributed by atoms with Gasteiger partial charge in [0.2, 0.25) is 0 Å². The molecule has 0 saturated heterocycles. The van der Waals surface area contributed by atoms with Gasteiger partial charge in [0.05, 0.1) is 0 Å². The summed E-state index contributed by atoms with van der Waals surface area (Å²) in [5.41, 5.74) is 6.43. The van der Waals surface area contributed by atoms with Crippen molar-refractivity contribution in [2.75, 3.05) is 6.54 Å². The summed E-state index contributed by atoms with van der Waals surface area (Å²) in [5, 5.41) is 2.80. The first kappa shape index (κ1) is 13.5. The molecular weight excluding hydrogens is 216 g/mol. The molecule has 0 radical (unpaired) electrons. The molecule has 0 aliphatic rings. The molecule has 0 unspecified atom stereocenters. The van der Waals surface area contributed by atoms with Crippen LogP contribution in [0.4, 0.5) is 4.79 Å². The number of ether oxygens (including phenoxy) is 1. The molecule has 1 atom stereocenters. The number of amides is 1. The molecule has 0 fully saturated rings. The van der Waals surface area contributed by atoms with E-state index >= 15 is 0 Å². The average molecular weight is 236 g/mol. The molecule has 3 N–H and O–H groups in total. The molecule has 0 aliphatic heterocycles. The molecular formula is C13H20N2O2. The predicted octanol–water partition coefficient (Wildman–Crippen LogP) is 2.04. The Hall–Kier alpha value is -1.55. The Morgan fingerprint density at radius 3 is 2.71 bits per heavy atom. The number of nitrogens with two attached hydrogens (primary N) is 1. The highest BCUT2D eigenvalue weighted by Crippen LogP contribution is 2.02. The Kier molecular flexibility index (Phi) is 6.10. The van der Waals surface area contributed by atoms with Crippen molar-refractivity contribution in [1.82, 2.24) is 5.32 Å². The normalized spacial score (nSPS) is 11.9. The molecule has 1 aromatic carbocycles. The second-order valence-corrected chi connectivity index (χ2v) is 3.89. The van der Waals surface area contributed by atoms with Crippen LogP contribution in [-0.4, -0.2) is 18.7 Å². The number of nitrogens with one attached hydrogen (secondary N) is 1. The van der Waals surface area contributed by atoms with E-state index < -0.39 is 0 Å². The van der Waals surface area contributed by atoms with Crippen molar-refractivity contribution < 1.29 is 9.53 Å². The van der Waals surface area contributed by atoms with Crippen molar-refractivity contribution in [2.24, 2.45) is 5.73 Å². The van der Waals surface area contributed by atoms with Gasteiger partial charge in [-0.2, -0.15) is 0 Å². The standard InChI is InChI=1S/C13H20N2O2/c1-2-12(8-9-14)15-13(16)17-10-11-6-4-3-5-7-11/h3-7,12H,2,8-10,14H2,1H3,(H,15,16)/t12-/m0/s1. The fourth-order valence-electron chi connectivity index (χ4n) is 1.51. The molecule has 0 heterocycles. The molecule has 17 heavy (non-hydrogen) atoms. The molecule has 94 valence electrons. The lowest BCUT2D eigenvalue weighted by Gasteiger charge is -2.15. The third-order valence-electron chi connectivity index (χ3n) is 2.54. The molecule has 4 nitrogen and oxygen atoms in total. The Morgan fingerprint density at radius 2 is 2.12 bits per heavy atom. The van der Waals surface area contributed by atoms with Gasteiger partial charge in [0.25, 0.3) is 0 Å². The van der Waals surface area contributed by atoms with E-state index in [-0.39, 0.29) is 12.1 Å². The summed E-state index contributed by atoms with van der Waals surface area (Å²) >= 11 is 0. The number of hydrogen-bond donors (Lipinski definition) is 2. The molecule has 4 heteroatoms. The fraction of sp³-hybridized carbons (Fsp3) is 0.462. The number of carbonyl (C=O) groups is 1. The van der Waals surface area contributed by atoms with E-state index in [1.54, 1.807) is 0 Å². The lowest BCUT2D eigenvalue weighted by Crippen LogP contribution is -2.36. The van der Waals surface area contributed by atoms with Crippen LogP contribution in [0.1, 0.15) is 25.3 Å². The zero-order chi connectivity index (χ0) is 12.5. The van der Waals surface area contributed by atoms with Crippen molar-refractivity contribution >= 4 is 6.09 Å². The van der Waals surface area contributed by atoms with E-state index in [4.69, 9.17) is 10.5 Å². The highest BCUT2D eigenvalue weighted by Gasteiger charge is 2.10. The highest BCUT2D eigenvalue weighted by atomic mass is 16.5. The molecule has 0 spiro atoms. The lowest BCUT2D eigenvalue weighted by molar-refractivity contribution is 0.135. The van der Waals surface area contributed by atoms with Gasteiger partial charge in [0.1, 0.15) is 6.61 Å². The number of rotatable bonds is 6. The summed E-state index contributed by atoms with van der Waals surface area (Å²) in [4.78, 5) is 11.5. The predicted molar refractivity (Wildman–Crippen MR) is 67.5 cm³/mol. The molecule has 0 bridgehead atoms. The van der Waals surface area contributed by atoms with Gasteiger partial charge in [0, 0.05) is 6.04 Å². The van der Waals surface area contributed by atoms with Crippen LogP contribution in [0.2, 0.25) is 0 Å². The monoisotopic (exact) mass is 236 g/mol. The molecule has 1 rings (SSSR count). The van der Waals surface area contributed by atoms with Crippen molar-refractivity contribution in [3.63, 3.8) is 0 Å². The maximum absolute atomic E-state index is 11.5. The Balaban J connectivity index is 2.30. The van der Waals surface area contributed by atoms with Crippen LogP contribution in [-0.2, 0) is 11.3 Å². The van der Waals surface area contributed by atoms with Crippen LogP contribution in [0.15, 0.2) is 30.3 Å². The van der Waals surface area contributed by atoms with Crippen LogP contribution in [0.25, 0.3) is 0 Å². The minimum Gasteiger partial charge on any atom is -0.445 e. The van der Waals surface area contributed by atoms with E-state index in [9.17, 15) is 4.79 Å². The van der Waals surface area contributed by atoms with Crippen LogP contribution in [0, 0.1) is 0 Å². The van der Waals surface area contributed by atoms with Gasteiger partial charge in [-0.15, -0.1) is 0 Å². The van der Waals surface area contributed by atoms with Gasteiger partial charge in [0.15, 0.2) is 0 Å². The van der Waals surface area contributed by atoms with Gasteiger partial charge in [-0.25, -0.2) is 4.79 Å². The van der Waals surface area contributed by atoms with Gasteiger partial charge in [-0.1, -0.05) is 37.3 Å². The maximum atomic E-state index is 11.5. The van der Waals surface area contributed by atoms with Gasteiger partial charge in [-0.05, 0) is 24.9 Å². The summed E-state index contributed by atoms with van der Waals surface area (Å²) in [6.07, 6.45) is 1.25. The summed E-state index contributed by atoms with van der Waals surface area (Å²) in [6.45, 7) is 2.88. The molecule has 1 aromatic rings. The van der Waals surface area contributed by atoms with Crippen molar-refractivity contribution in [3.05, 3.63) is 35.9 Å². The van der Waals surface area contributed by atoms with Crippen molar-refractivity contribution in [2.45, 2.75) is 32.4 Å². The SMILES string of the molecule is CC[C@@H](CCN)NC(=O)OCc1ccccc1. The van der Waals surface area contributed by atoms with Gasteiger partial charge >= 0.3 is 6.09 Å². The maximum Gasteiger partial charge on any atom is 0.407 e. The topological polar surface area (TPSA) is 64.3 Å². The van der Waals surface area contributed by atoms with E-state index in [2.05, 4.69) is 5.32 Å². The lowest BCUT2D eigenvalue weighted by atomic mass is 10.1. The van der Waals surface area contributed by atoms with E-state index in [0.717, 1.165) is 18.4 Å². The number of carbonyl (C=O) groups excluding carboxylic acids is 1. The Labute approximate surface area is 102 Å². The summed E-state index contributed by atoms with van der Waals surface area (Å²) in [7, 11) is 0. The molecule has 0 aliphatic carbocycles. The van der Waals surface area contributed by atoms with Crippen LogP contribution < -0.4 is 11.1 Å². The van der Waals surface area contributed by atoms with Crippen molar-refractivity contribution in [3.8, 4) is 0 Å². The Bertz CT molecular complexity index is 327. The quantitative estimate of drug-likeness (QED) is 0.794. The number of benzene rings is 1. The first-order chi connectivity index (χ1) is 8.26. The minimum absolute atomic E-state index is 0.100. The van der Waals surface area contributed by atoms with Crippen molar-refractivity contribution in [1.29, 1.82) is 0 Å². The minimum atomic E-state index is -0.380. The second kappa shape index (κ2) is 7.68. The number of hydrogen-bond acceptors (Lipinski definition) is 3. The van der Waals surface area contributed by atoms with E-state index in [1.807, 2.05) is 37.3 Å². The molecule has 0 aromatic heterocycles. The summed E-state index contributed by atoms with van der Waals surface area (Å²) in [6, 6.07) is 9.70. The van der Waals surface area contributed by atoms with Crippen LogP contribution >= 0.6 is 0 Å². The second-order valence-electron chi connectivity index (χ2n) is 3.89.